The Kier molecular flexibility index (Phi) is 4.41. The number of amides is 1. The Morgan fingerprint density at radius 3 is 2.75 bits per heavy atom. The molecule has 0 aliphatic carbocycles. The monoisotopic (exact) mass is 311 g/mol. The van der Waals surface area contributed by atoms with Gasteiger partial charge in [0, 0.05) is 5.56 Å². The Morgan fingerprint density at radius 2 is 2.10 bits per heavy atom. The summed E-state index contributed by atoms with van der Waals surface area (Å²) < 4.78 is 31.3. The number of hydrogen-bond acceptors (Lipinski definition) is 5. The number of nitrogens with one attached hydrogen (secondary N) is 1. The third-order valence-corrected chi connectivity index (χ3v) is 5.12. The highest BCUT2D eigenvalue weighted by Gasteiger charge is 2.19. The molecule has 2 rings (SSSR count). The largest absolute Gasteiger partial charge is 0.494 e. The first kappa shape index (κ1) is 14.5. The van der Waals surface area contributed by atoms with Gasteiger partial charge < -0.3 is 4.74 Å². The molecule has 0 saturated heterocycles. The summed E-state index contributed by atoms with van der Waals surface area (Å²) in [7, 11) is -3.81. The zero-order valence-electron chi connectivity index (χ0n) is 10.7. The molecule has 7 heteroatoms. The van der Waals surface area contributed by atoms with Gasteiger partial charge in [-0.2, -0.15) is 0 Å². The summed E-state index contributed by atoms with van der Waals surface area (Å²) in [6, 6.07) is 9.42. The fourth-order valence-electron chi connectivity index (χ4n) is 1.54. The number of thiophene rings is 1. The standard InChI is InChI=1S/C13H13NO4S2/c1-2-18-11-6-3-5-10(9-11)13(15)14-20(16,17)12-7-4-8-19-12/h3-9H,2H2,1H3,(H,14,15). The summed E-state index contributed by atoms with van der Waals surface area (Å²) in [5, 5.41) is 1.63. The van der Waals surface area contributed by atoms with E-state index in [-0.39, 0.29) is 9.77 Å². The van der Waals surface area contributed by atoms with Crippen molar-refractivity contribution in [3.63, 3.8) is 0 Å². The van der Waals surface area contributed by atoms with Crippen LogP contribution in [0.4, 0.5) is 0 Å². The lowest BCUT2D eigenvalue weighted by Gasteiger charge is -2.07. The lowest BCUT2D eigenvalue weighted by Crippen LogP contribution is -2.30. The SMILES string of the molecule is CCOc1cccc(C(=O)NS(=O)(=O)c2cccs2)c1. The highest BCUT2D eigenvalue weighted by Crippen LogP contribution is 2.17. The van der Waals surface area contributed by atoms with E-state index in [4.69, 9.17) is 4.74 Å². The van der Waals surface area contributed by atoms with Gasteiger partial charge in [0.15, 0.2) is 0 Å². The topological polar surface area (TPSA) is 72.5 Å². The van der Waals surface area contributed by atoms with Crippen molar-refractivity contribution in [1.29, 1.82) is 0 Å². The Bertz CT molecular complexity index is 693. The maximum absolute atomic E-state index is 12.0. The van der Waals surface area contributed by atoms with Crippen LogP contribution in [0.1, 0.15) is 17.3 Å². The molecule has 0 saturated carbocycles. The second kappa shape index (κ2) is 6.06. The number of carbonyl (C=O) groups is 1. The van der Waals surface area contributed by atoms with Gasteiger partial charge in [0.2, 0.25) is 0 Å². The zero-order chi connectivity index (χ0) is 14.6. The van der Waals surface area contributed by atoms with Gasteiger partial charge in [0.1, 0.15) is 9.96 Å². The summed E-state index contributed by atoms with van der Waals surface area (Å²) in [5.74, 6) is -0.159. The van der Waals surface area contributed by atoms with Crippen LogP contribution < -0.4 is 9.46 Å². The van der Waals surface area contributed by atoms with E-state index < -0.39 is 15.9 Å². The fraction of sp³-hybridized carbons (Fsp3) is 0.154. The molecule has 106 valence electrons. The van der Waals surface area contributed by atoms with Gasteiger partial charge in [-0.15, -0.1) is 11.3 Å². The van der Waals surface area contributed by atoms with Crippen molar-refractivity contribution in [3.05, 3.63) is 47.3 Å². The van der Waals surface area contributed by atoms with E-state index in [0.29, 0.717) is 12.4 Å². The minimum Gasteiger partial charge on any atom is -0.494 e. The van der Waals surface area contributed by atoms with Crippen LogP contribution in [0.3, 0.4) is 0 Å². The molecule has 0 atom stereocenters. The number of hydrogen-bond donors (Lipinski definition) is 1. The molecular formula is C13H13NO4S2. The predicted octanol–water partition coefficient (Wildman–Crippen LogP) is 2.27. The van der Waals surface area contributed by atoms with Crippen LogP contribution in [0.5, 0.6) is 5.75 Å². The van der Waals surface area contributed by atoms with E-state index in [1.807, 2.05) is 11.6 Å². The van der Waals surface area contributed by atoms with Crippen molar-refractivity contribution in [2.45, 2.75) is 11.1 Å². The molecule has 1 aromatic heterocycles. The normalized spacial score (nSPS) is 11.1. The van der Waals surface area contributed by atoms with E-state index in [2.05, 4.69) is 0 Å². The summed E-state index contributed by atoms with van der Waals surface area (Å²) in [6.07, 6.45) is 0. The van der Waals surface area contributed by atoms with Gasteiger partial charge in [-0.1, -0.05) is 12.1 Å². The smallest absolute Gasteiger partial charge is 0.273 e. The lowest BCUT2D eigenvalue weighted by molar-refractivity contribution is 0.0981. The lowest BCUT2D eigenvalue weighted by atomic mass is 10.2. The van der Waals surface area contributed by atoms with Crippen molar-refractivity contribution in [1.82, 2.24) is 4.72 Å². The van der Waals surface area contributed by atoms with Gasteiger partial charge >= 0.3 is 0 Å². The molecule has 0 bridgehead atoms. The van der Waals surface area contributed by atoms with E-state index >= 15 is 0 Å². The summed E-state index contributed by atoms with van der Waals surface area (Å²) in [4.78, 5) is 12.0. The maximum Gasteiger partial charge on any atom is 0.273 e. The third kappa shape index (κ3) is 3.37. The van der Waals surface area contributed by atoms with Crippen LogP contribution >= 0.6 is 11.3 Å². The number of benzene rings is 1. The average molecular weight is 311 g/mol. The molecule has 1 amide bonds. The second-order valence-electron chi connectivity index (χ2n) is 3.83. The molecule has 1 heterocycles. The number of ether oxygens (including phenoxy) is 1. The molecule has 20 heavy (non-hydrogen) atoms. The van der Waals surface area contributed by atoms with Crippen molar-refractivity contribution >= 4 is 27.3 Å². The molecule has 1 aromatic carbocycles. The molecule has 5 nitrogen and oxygen atoms in total. The van der Waals surface area contributed by atoms with Crippen LogP contribution in [-0.2, 0) is 10.0 Å². The summed E-state index contributed by atoms with van der Waals surface area (Å²) >= 11 is 1.05. The minimum atomic E-state index is -3.81. The Hall–Kier alpha value is -1.86. The first-order valence-electron chi connectivity index (χ1n) is 5.86. The van der Waals surface area contributed by atoms with E-state index in [9.17, 15) is 13.2 Å². The van der Waals surface area contributed by atoms with Crippen molar-refractivity contribution in [2.75, 3.05) is 6.61 Å². The van der Waals surface area contributed by atoms with Crippen molar-refractivity contribution in [3.8, 4) is 5.75 Å². The predicted molar refractivity (Wildman–Crippen MR) is 76.6 cm³/mol. The fourth-order valence-corrected chi connectivity index (χ4v) is 3.51. The summed E-state index contributed by atoms with van der Waals surface area (Å²) in [5.41, 5.74) is 0.232. The van der Waals surface area contributed by atoms with Crippen LogP contribution in [0.25, 0.3) is 0 Å². The third-order valence-electron chi connectivity index (χ3n) is 2.39. The number of sulfonamides is 1. The zero-order valence-corrected chi connectivity index (χ0v) is 12.3. The first-order valence-corrected chi connectivity index (χ1v) is 8.22. The van der Waals surface area contributed by atoms with Crippen molar-refractivity contribution < 1.29 is 17.9 Å². The Labute approximate surface area is 121 Å². The Balaban J connectivity index is 2.18. The van der Waals surface area contributed by atoms with E-state index in [1.54, 1.807) is 23.6 Å². The molecule has 0 fully saturated rings. The minimum absolute atomic E-state index is 0.104. The Morgan fingerprint density at radius 1 is 1.30 bits per heavy atom. The van der Waals surface area contributed by atoms with Crippen LogP contribution in [0.15, 0.2) is 46.0 Å². The number of carbonyl (C=O) groups excluding carboxylic acids is 1. The molecule has 0 aliphatic rings. The highest BCUT2D eigenvalue weighted by atomic mass is 32.2. The molecule has 2 aromatic rings. The van der Waals surface area contributed by atoms with Crippen LogP contribution in [-0.4, -0.2) is 20.9 Å². The first-order chi connectivity index (χ1) is 9.53. The molecule has 0 unspecified atom stereocenters. The summed E-state index contributed by atoms with van der Waals surface area (Å²) in [6.45, 7) is 2.30. The van der Waals surface area contributed by atoms with Gasteiger partial charge in [0.25, 0.3) is 15.9 Å². The van der Waals surface area contributed by atoms with Gasteiger partial charge in [-0.05, 0) is 36.6 Å². The molecule has 0 spiro atoms. The van der Waals surface area contributed by atoms with Gasteiger partial charge in [-0.25, -0.2) is 13.1 Å². The van der Waals surface area contributed by atoms with Crippen molar-refractivity contribution in [2.24, 2.45) is 0 Å². The highest BCUT2D eigenvalue weighted by molar-refractivity contribution is 7.92. The van der Waals surface area contributed by atoms with Crippen LogP contribution in [0, 0.1) is 0 Å². The van der Waals surface area contributed by atoms with Gasteiger partial charge in [0.05, 0.1) is 6.61 Å². The maximum atomic E-state index is 12.0. The number of rotatable bonds is 5. The average Bonchev–Trinajstić information content (AvgIpc) is 2.93. The van der Waals surface area contributed by atoms with E-state index in [1.165, 1.54) is 18.2 Å². The van der Waals surface area contributed by atoms with Gasteiger partial charge in [-0.3, -0.25) is 4.79 Å². The molecular weight excluding hydrogens is 298 g/mol. The molecule has 1 N–H and O–H groups in total. The quantitative estimate of drug-likeness (QED) is 0.919. The second-order valence-corrected chi connectivity index (χ2v) is 6.68. The molecule has 0 radical (unpaired) electrons. The van der Waals surface area contributed by atoms with Crippen LogP contribution in [0.2, 0.25) is 0 Å². The molecule has 0 aliphatic heterocycles. The van der Waals surface area contributed by atoms with E-state index in [0.717, 1.165) is 11.3 Å².